The second-order valence-corrected chi connectivity index (χ2v) is 27.2. The van der Waals surface area contributed by atoms with Gasteiger partial charge in [-0.25, -0.2) is 0 Å². The van der Waals surface area contributed by atoms with E-state index in [9.17, 15) is 39.9 Å². The Morgan fingerprint density at radius 1 is 0.359 bits per heavy atom. The number of hydrogen-bond acceptors (Lipinski definition) is 14. The normalized spacial score (nSPS) is 21.8. The topological polar surface area (TPSA) is 208 Å². The largest absolute Gasteiger partial charge is 0.460 e. The Bertz CT molecular complexity index is 1790. The Kier molecular flexibility index (Phi) is 56.3. The van der Waals surface area contributed by atoms with Crippen molar-refractivity contribution in [3.63, 3.8) is 0 Å². The first-order valence-corrected chi connectivity index (χ1v) is 38.8. The molecule has 0 amide bonds. The molecule has 14 nitrogen and oxygen atoms in total. The van der Waals surface area contributed by atoms with E-state index in [4.69, 9.17) is 28.4 Å². The number of hydrogen-bond donors (Lipinski definition) is 5. The van der Waals surface area contributed by atoms with E-state index in [2.05, 4.69) is 57.2 Å². The monoisotopic (exact) mass is 1300 g/mol. The second-order valence-electron chi connectivity index (χ2n) is 27.2. The molecule has 2 saturated heterocycles. The van der Waals surface area contributed by atoms with Crippen LogP contribution in [0.25, 0.3) is 0 Å². The molecule has 2 heterocycles. The molecule has 5 N–H and O–H groups in total. The molecule has 0 bridgehead atoms. The van der Waals surface area contributed by atoms with Gasteiger partial charge in [0.05, 0.1) is 13.2 Å². The summed E-state index contributed by atoms with van der Waals surface area (Å²) in [6, 6.07) is 0. The molecule has 0 unspecified atom stereocenters. The number of allylic oxidation sites excluding steroid dienone is 6. The van der Waals surface area contributed by atoms with E-state index in [0.717, 1.165) is 96.3 Å². The summed E-state index contributed by atoms with van der Waals surface area (Å²) >= 11 is 0. The lowest BCUT2D eigenvalue weighted by Crippen LogP contribution is -2.63. The first-order valence-electron chi connectivity index (χ1n) is 38.8. The van der Waals surface area contributed by atoms with Crippen molar-refractivity contribution in [2.75, 3.05) is 19.8 Å². The van der Waals surface area contributed by atoms with E-state index in [-0.39, 0.29) is 19.3 Å². The van der Waals surface area contributed by atoms with Crippen molar-refractivity contribution in [1.82, 2.24) is 0 Å². The van der Waals surface area contributed by atoms with Crippen LogP contribution in [0.1, 0.15) is 367 Å². The van der Waals surface area contributed by atoms with Gasteiger partial charge in [-0.2, -0.15) is 0 Å². The highest BCUT2D eigenvalue weighted by molar-refractivity contribution is 5.71. The van der Waals surface area contributed by atoms with Crippen LogP contribution in [0, 0.1) is 0 Å². The molecule has 0 aromatic heterocycles. The first-order chi connectivity index (χ1) is 45.1. The van der Waals surface area contributed by atoms with Crippen LogP contribution in [0.2, 0.25) is 0 Å². The highest BCUT2D eigenvalue weighted by Crippen LogP contribution is 2.41. The number of aliphatic hydroxyl groups excluding tert-OH is 5. The third-order valence-corrected chi connectivity index (χ3v) is 18.7. The molecule has 0 radical (unpaired) electrons. The molecular weight excluding hydrogens is 1160 g/mol. The minimum absolute atomic E-state index is 0.0109. The summed E-state index contributed by atoms with van der Waals surface area (Å²) in [6.07, 6.45) is 60.3. The van der Waals surface area contributed by atoms with Gasteiger partial charge in [0.15, 0.2) is 18.5 Å². The molecule has 0 aromatic rings. The van der Waals surface area contributed by atoms with Gasteiger partial charge >= 0.3 is 17.9 Å². The average Bonchev–Trinajstić information content (AvgIpc) is 1.57. The molecule has 0 saturated carbocycles. The van der Waals surface area contributed by atoms with Gasteiger partial charge < -0.3 is 54.0 Å². The number of rotatable bonds is 65. The van der Waals surface area contributed by atoms with Crippen molar-refractivity contribution in [1.29, 1.82) is 0 Å². The minimum atomic E-state index is -2.34. The van der Waals surface area contributed by atoms with Crippen molar-refractivity contribution in [3.8, 4) is 0 Å². The van der Waals surface area contributed by atoms with Crippen molar-refractivity contribution >= 4 is 17.9 Å². The van der Waals surface area contributed by atoms with Gasteiger partial charge in [-0.05, 0) is 96.3 Å². The summed E-state index contributed by atoms with van der Waals surface area (Å²) in [5, 5.41) is 53.8. The molecular formula is C78H142O14. The van der Waals surface area contributed by atoms with E-state index in [1.54, 1.807) is 0 Å². The summed E-state index contributed by atoms with van der Waals surface area (Å²) in [5.41, 5.74) is 0. The lowest BCUT2D eigenvalue weighted by atomic mass is 9.98. The predicted octanol–water partition coefficient (Wildman–Crippen LogP) is 19.1. The summed E-state index contributed by atoms with van der Waals surface area (Å²) in [5.74, 6) is -4.19. The Balaban J connectivity index is 2.02. The third kappa shape index (κ3) is 43.5. The number of carbonyl (C=O) groups excluding carboxylic acids is 3. The van der Waals surface area contributed by atoms with Crippen molar-refractivity contribution in [3.05, 3.63) is 36.5 Å². The van der Waals surface area contributed by atoms with Gasteiger partial charge in [-0.15, -0.1) is 0 Å². The van der Waals surface area contributed by atoms with Crippen molar-refractivity contribution < 1.29 is 68.3 Å². The Morgan fingerprint density at radius 3 is 0.978 bits per heavy atom. The standard InChI is InChI=1S/C78H142O14/c1-4-7-10-13-16-19-22-25-28-31-34-37-40-43-46-49-52-55-58-61-69(81)87-66-78(92-77-74(86)73(85)72(84)67(64-79)88-77)76(90-71(83)63-60-57-54-51-48-45-42-39-36-33-30-27-24-21-18-15-12-9-6-3)75(68(65-80)91-78)89-70(82)62-59-56-53-50-47-44-41-38-35-32-29-26-23-20-17-14-11-8-5-2/h25-30,67-68,72-77,79-80,84-86H,4-24,31-66H2,1-3H3/t67-,68-,72-,73+,74-,75-,76+,77-,78+/m1/s1. The van der Waals surface area contributed by atoms with Crippen LogP contribution >= 0.6 is 0 Å². The molecule has 0 aromatic carbocycles. The summed E-state index contributed by atoms with van der Waals surface area (Å²) in [7, 11) is 0. The van der Waals surface area contributed by atoms with Crippen LogP contribution in [0.4, 0.5) is 0 Å². The molecule has 2 rings (SSSR count). The van der Waals surface area contributed by atoms with E-state index < -0.39 is 92.5 Å². The maximum Gasteiger partial charge on any atom is 0.306 e. The molecule has 0 spiro atoms. The third-order valence-electron chi connectivity index (χ3n) is 18.7. The zero-order chi connectivity index (χ0) is 66.6. The summed E-state index contributed by atoms with van der Waals surface area (Å²) < 4.78 is 36.7. The molecule has 14 heteroatoms. The Morgan fingerprint density at radius 2 is 0.652 bits per heavy atom. The number of esters is 3. The smallest absolute Gasteiger partial charge is 0.306 e. The lowest BCUT2D eigenvalue weighted by Gasteiger charge is -2.43. The molecule has 538 valence electrons. The fourth-order valence-electron chi connectivity index (χ4n) is 12.7. The highest BCUT2D eigenvalue weighted by atomic mass is 16.8. The van der Waals surface area contributed by atoms with Crippen LogP contribution in [0.5, 0.6) is 0 Å². The summed E-state index contributed by atoms with van der Waals surface area (Å²) in [6.45, 7) is 4.57. The van der Waals surface area contributed by atoms with Gasteiger partial charge in [0.1, 0.15) is 37.1 Å². The van der Waals surface area contributed by atoms with Gasteiger partial charge in [0.25, 0.3) is 0 Å². The van der Waals surface area contributed by atoms with Crippen LogP contribution in [0.3, 0.4) is 0 Å². The average molecular weight is 1300 g/mol. The molecule has 2 fully saturated rings. The van der Waals surface area contributed by atoms with E-state index in [1.165, 1.54) is 212 Å². The quantitative estimate of drug-likeness (QED) is 0.0166. The van der Waals surface area contributed by atoms with E-state index in [1.807, 2.05) is 0 Å². The fraction of sp³-hybridized carbons (Fsp3) is 0.885. The number of ether oxygens (including phenoxy) is 6. The van der Waals surface area contributed by atoms with Crippen LogP contribution in [0.15, 0.2) is 36.5 Å². The van der Waals surface area contributed by atoms with Crippen LogP contribution in [-0.4, -0.2) is 118 Å². The van der Waals surface area contributed by atoms with Gasteiger partial charge in [0, 0.05) is 19.3 Å². The number of aliphatic hydroxyl groups is 5. The lowest BCUT2D eigenvalue weighted by molar-refractivity contribution is -0.384. The predicted molar refractivity (Wildman–Crippen MR) is 374 cm³/mol. The van der Waals surface area contributed by atoms with Crippen molar-refractivity contribution in [2.24, 2.45) is 0 Å². The zero-order valence-electron chi connectivity index (χ0n) is 59.3. The fourth-order valence-corrected chi connectivity index (χ4v) is 12.7. The molecule has 2 aliphatic rings. The van der Waals surface area contributed by atoms with E-state index >= 15 is 0 Å². The van der Waals surface area contributed by atoms with Crippen LogP contribution in [-0.2, 0) is 42.8 Å². The maximum atomic E-state index is 14.0. The van der Waals surface area contributed by atoms with Gasteiger partial charge in [-0.3, -0.25) is 14.4 Å². The zero-order valence-corrected chi connectivity index (χ0v) is 59.3. The summed E-state index contributed by atoms with van der Waals surface area (Å²) in [4.78, 5) is 41.4. The van der Waals surface area contributed by atoms with Gasteiger partial charge in [-0.1, -0.05) is 288 Å². The minimum Gasteiger partial charge on any atom is -0.460 e. The number of carbonyl (C=O) groups is 3. The number of unbranched alkanes of at least 4 members (excludes halogenated alkanes) is 45. The van der Waals surface area contributed by atoms with Crippen LogP contribution < -0.4 is 0 Å². The molecule has 2 aliphatic heterocycles. The first kappa shape index (κ1) is 85.4. The van der Waals surface area contributed by atoms with Crippen molar-refractivity contribution in [2.45, 2.75) is 422 Å². The molecule has 9 atom stereocenters. The second kappa shape index (κ2) is 60.7. The van der Waals surface area contributed by atoms with Gasteiger partial charge in [0.2, 0.25) is 5.79 Å². The molecule has 0 aliphatic carbocycles. The van der Waals surface area contributed by atoms with E-state index in [0.29, 0.717) is 19.3 Å². The SMILES string of the molecule is CCCCCCCCC=CCCCCCCCCCCCC(=O)OC[C@@]1(O[C@H]2O[C@H](CO)[C@@H](O)[C@H](O)[C@H]2O)O[C@H](CO)[C@@H](OC(=O)CCCCCCCCCCCC=CCCCCCCCC)[C@@H]1OC(=O)CCCCCCCCCCCC=CCCCCCCCC. The highest BCUT2D eigenvalue weighted by Gasteiger charge is 2.63. The Labute approximate surface area is 562 Å². The molecule has 92 heavy (non-hydrogen) atoms. The Hall–Kier alpha value is -2.69. The maximum absolute atomic E-state index is 14.0.